The molecular formula is C32H25N7O2. The van der Waals surface area contributed by atoms with Crippen molar-refractivity contribution < 1.29 is 9.90 Å². The number of aromatic hydroxyl groups is 1. The van der Waals surface area contributed by atoms with Gasteiger partial charge in [-0.3, -0.25) is 15.2 Å². The summed E-state index contributed by atoms with van der Waals surface area (Å²) in [5.41, 5.74) is 8.12. The van der Waals surface area contributed by atoms with E-state index >= 15 is 0 Å². The summed E-state index contributed by atoms with van der Waals surface area (Å²) in [7, 11) is 0. The van der Waals surface area contributed by atoms with Crippen LogP contribution in [-0.4, -0.2) is 33.7 Å². The molecule has 1 aliphatic rings. The Hall–Kier alpha value is -5.75. The zero-order chi connectivity index (χ0) is 28.2. The highest BCUT2D eigenvalue weighted by Gasteiger charge is 2.26. The van der Waals surface area contributed by atoms with E-state index in [1.807, 2.05) is 66.7 Å². The second-order valence-corrected chi connectivity index (χ2v) is 9.52. The number of nitriles is 1. The van der Waals surface area contributed by atoms with E-state index in [0.717, 1.165) is 16.2 Å². The number of allylic oxidation sites excluding steroid dienone is 2. The van der Waals surface area contributed by atoms with E-state index in [0.29, 0.717) is 46.8 Å². The molecule has 0 bridgehead atoms. The van der Waals surface area contributed by atoms with Gasteiger partial charge in [-0.25, -0.2) is 9.97 Å². The minimum absolute atomic E-state index is 0.0980. The number of nitrogens with one attached hydrogen (secondary N) is 3. The summed E-state index contributed by atoms with van der Waals surface area (Å²) in [6.07, 6.45) is 5.42. The van der Waals surface area contributed by atoms with Crippen molar-refractivity contribution in [3.63, 3.8) is 0 Å². The highest BCUT2D eigenvalue weighted by molar-refractivity contribution is 6.14. The number of benzene rings is 4. The number of aromatic nitrogens is 2. The van der Waals surface area contributed by atoms with Crippen LogP contribution >= 0.6 is 0 Å². The van der Waals surface area contributed by atoms with Gasteiger partial charge in [0.1, 0.15) is 17.6 Å². The number of nitrogens with zero attached hydrogens (tertiary/aromatic N) is 4. The SMILES string of the molecule is N#CC1=C(NNc2c(O)c(C(=O)Nc3cccc4ccccc34)cc3ccccc23)C(c2ncccn2)CCN=C1. The summed E-state index contributed by atoms with van der Waals surface area (Å²) in [5, 5.41) is 27.6. The number of rotatable bonds is 6. The van der Waals surface area contributed by atoms with Crippen LogP contribution in [0.15, 0.2) is 108 Å². The molecule has 41 heavy (non-hydrogen) atoms. The molecule has 9 nitrogen and oxygen atoms in total. The molecule has 6 rings (SSSR count). The lowest BCUT2D eigenvalue weighted by atomic mass is 9.98. The van der Waals surface area contributed by atoms with Crippen molar-refractivity contribution in [2.75, 3.05) is 17.3 Å². The highest BCUT2D eigenvalue weighted by atomic mass is 16.3. The van der Waals surface area contributed by atoms with Gasteiger partial charge >= 0.3 is 0 Å². The number of amides is 1. The summed E-state index contributed by atoms with van der Waals surface area (Å²) in [4.78, 5) is 26.7. The third-order valence-electron chi connectivity index (χ3n) is 7.05. The Morgan fingerprint density at radius 2 is 1.63 bits per heavy atom. The van der Waals surface area contributed by atoms with Crippen LogP contribution in [0.5, 0.6) is 5.75 Å². The van der Waals surface area contributed by atoms with Crippen molar-refractivity contribution in [1.29, 1.82) is 5.26 Å². The first kappa shape index (κ1) is 25.5. The van der Waals surface area contributed by atoms with Gasteiger partial charge in [-0.2, -0.15) is 5.26 Å². The molecule has 2 heterocycles. The van der Waals surface area contributed by atoms with Crippen LogP contribution in [-0.2, 0) is 0 Å². The fraction of sp³-hybridized carbons (Fsp3) is 0.0938. The van der Waals surface area contributed by atoms with Gasteiger partial charge in [0.25, 0.3) is 5.91 Å². The summed E-state index contributed by atoms with van der Waals surface area (Å²) in [5.74, 6) is -0.482. The lowest BCUT2D eigenvalue weighted by Gasteiger charge is -2.22. The minimum Gasteiger partial charge on any atom is -0.505 e. The number of phenols is 1. The fourth-order valence-electron chi connectivity index (χ4n) is 5.04. The second-order valence-electron chi connectivity index (χ2n) is 9.52. The Balaban J connectivity index is 1.38. The van der Waals surface area contributed by atoms with Crippen molar-refractivity contribution in [2.24, 2.45) is 4.99 Å². The molecule has 5 aromatic rings. The highest BCUT2D eigenvalue weighted by Crippen LogP contribution is 2.37. The number of aliphatic imine (C=N–C) groups is 1. The molecule has 1 amide bonds. The first-order chi connectivity index (χ1) is 20.1. The fourth-order valence-corrected chi connectivity index (χ4v) is 5.04. The van der Waals surface area contributed by atoms with E-state index in [4.69, 9.17) is 0 Å². The topological polar surface area (TPSA) is 135 Å². The van der Waals surface area contributed by atoms with Gasteiger partial charge in [0.15, 0.2) is 5.75 Å². The third-order valence-corrected chi connectivity index (χ3v) is 7.05. The number of hydrogen-bond acceptors (Lipinski definition) is 8. The third kappa shape index (κ3) is 5.02. The van der Waals surface area contributed by atoms with Crippen molar-refractivity contribution >= 4 is 45.0 Å². The van der Waals surface area contributed by atoms with Crippen LogP contribution in [0.4, 0.5) is 11.4 Å². The average Bonchev–Trinajstić information content (AvgIpc) is 3.23. The van der Waals surface area contributed by atoms with Crippen LogP contribution in [0.2, 0.25) is 0 Å². The van der Waals surface area contributed by atoms with E-state index in [9.17, 15) is 15.2 Å². The average molecular weight is 540 g/mol. The Bertz CT molecular complexity index is 1870. The maximum Gasteiger partial charge on any atom is 0.259 e. The maximum atomic E-state index is 13.6. The van der Waals surface area contributed by atoms with E-state index in [-0.39, 0.29) is 17.2 Å². The first-order valence-electron chi connectivity index (χ1n) is 13.1. The molecule has 200 valence electrons. The molecule has 0 saturated heterocycles. The van der Waals surface area contributed by atoms with E-state index in [2.05, 4.69) is 37.2 Å². The number of fused-ring (bicyclic) bond motifs is 2. The molecule has 9 heteroatoms. The van der Waals surface area contributed by atoms with Gasteiger partial charge in [0.05, 0.1) is 22.8 Å². The predicted octanol–water partition coefficient (Wildman–Crippen LogP) is 5.69. The zero-order valence-electron chi connectivity index (χ0n) is 21.9. The monoisotopic (exact) mass is 539 g/mol. The second kappa shape index (κ2) is 11.2. The quantitative estimate of drug-likeness (QED) is 0.161. The molecule has 1 unspecified atom stereocenters. The van der Waals surface area contributed by atoms with Gasteiger partial charge in [0, 0.05) is 41.6 Å². The van der Waals surface area contributed by atoms with Gasteiger partial charge in [-0.1, -0.05) is 60.7 Å². The molecule has 4 aromatic carbocycles. The molecule has 0 spiro atoms. The minimum atomic E-state index is -0.457. The molecule has 1 atom stereocenters. The van der Waals surface area contributed by atoms with Crippen molar-refractivity contribution in [2.45, 2.75) is 12.3 Å². The van der Waals surface area contributed by atoms with E-state index in [1.165, 1.54) is 6.21 Å². The van der Waals surface area contributed by atoms with Gasteiger partial charge in [-0.05, 0) is 35.4 Å². The van der Waals surface area contributed by atoms with E-state index in [1.54, 1.807) is 24.5 Å². The van der Waals surface area contributed by atoms with Gasteiger partial charge in [0.2, 0.25) is 0 Å². The number of carbonyl (C=O) groups excluding carboxylic acids is 1. The molecule has 0 saturated carbocycles. The smallest absolute Gasteiger partial charge is 0.259 e. The zero-order valence-corrected chi connectivity index (χ0v) is 21.9. The van der Waals surface area contributed by atoms with E-state index < -0.39 is 5.91 Å². The normalized spacial score (nSPS) is 14.9. The Labute approximate surface area is 235 Å². The Morgan fingerprint density at radius 3 is 2.44 bits per heavy atom. The molecular weight excluding hydrogens is 514 g/mol. The van der Waals surface area contributed by atoms with Crippen LogP contribution in [0.25, 0.3) is 21.5 Å². The van der Waals surface area contributed by atoms with Gasteiger partial charge in [-0.15, -0.1) is 0 Å². The molecule has 1 aliphatic heterocycles. The lowest BCUT2D eigenvalue weighted by Crippen LogP contribution is -2.28. The summed E-state index contributed by atoms with van der Waals surface area (Å²) in [6.45, 7) is 0.497. The Morgan fingerprint density at radius 1 is 0.902 bits per heavy atom. The van der Waals surface area contributed by atoms with Crippen LogP contribution in [0, 0.1) is 11.3 Å². The number of hydrazine groups is 1. The Kier molecular flexibility index (Phi) is 6.95. The number of hydrogen-bond donors (Lipinski definition) is 4. The number of carbonyl (C=O) groups is 1. The van der Waals surface area contributed by atoms with Crippen molar-refractivity contribution in [3.8, 4) is 11.8 Å². The molecule has 1 aromatic heterocycles. The van der Waals surface area contributed by atoms with Crippen LogP contribution in [0.3, 0.4) is 0 Å². The molecule has 0 radical (unpaired) electrons. The summed E-state index contributed by atoms with van der Waals surface area (Å²) >= 11 is 0. The standard InChI is InChI=1S/C32H25N7O2/c33-18-22-19-34-16-13-25(31-35-14-6-15-36-31)28(22)38-39-29-24-11-4-2-8-21(24)17-26(30(29)40)32(41)37-27-12-5-9-20-7-1-3-10-23(20)27/h1-12,14-15,17,19,25,38-40H,13,16H2,(H,37,41). The van der Waals surface area contributed by atoms with Crippen LogP contribution in [0.1, 0.15) is 28.5 Å². The predicted molar refractivity (Wildman–Crippen MR) is 160 cm³/mol. The summed E-state index contributed by atoms with van der Waals surface area (Å²) in [6, 6.07) is 26.5. The maximum absolute atomic E-state index is 13.6. The first-order valence-corrected chi connectivity index (χ1v) is 13.1. The molecule has 4 N–H and O–H groups in total. The van der Waals surface area contributed by atoms with Crippen LogP contribution < -0.4 is 16.2 Å². The van der Waals surface area contributed by atoms with Crippen molar-refractivity contribution in [1.82, 2.24) is 15.4 Å². The number of phenolic OH excluding ortho intramolecular Hbond substituents is 1. The van der Waals surface area contributed by atoms with Crippen molar-refractivity contribution in [3.05, 3.63) is 114 Å². The lowest BCUT2D eigenvalue weighted by molar-refractivity contribution is 0.102. The van der Waals surface area contributed by atoms with Gasteiger partial charge < -0.3 is 15.8 Å². The molecule has 0 fully saturated rings. The largest absolute Gasteiger partial charge is 0.505 e. The summed E-state index contributed by atoms with van der Waals surface area (Å²) < 4.78 is 0. The number of anilines is 2. The molecule has 0 aliphatic carbocycles.